The summed E-state index contributed by atoms with van der Waals surface area (Å²) in [5.74, 6) is 0.674. The predicted molar refractivity (Wildman–Crippen MR) is 101 cm³/mol. The molecule has 0 saturated heterocycles. The summed E-state index contributed by atoms with van der Waals surface area (Å²) in [4.78, 5) is 29.2. The smallest absolute Gasteiger partial charge is 0.165 e. The Kier molecular flexibility index (Phi) is 5.24. The average Bonchev–Trinajstić information content (AvgIpc) is 2.61. The molecule has 3 rings (SSSR count). The van der Waals surface area contributed by atoms with Crippen LogP contribution in [0.1, 0.15) is 58.7 Å². The first kappa shape index (κ1) is 18.3. The standard InChI is InChI=1S/C21H20N2O2S/c1-21(2)11-17-16(19(25)12-21)10-15(13-22)20(23-17)26-9-8-18(24)14-6-4-3-5-7-14/h3-7,10H,8-9,11-12H2,1-2H3. The van der Waals surface area contributed by atoms with E-state index in [1.807, 2.05) is 18.2 Å². The first-order chi connectivity index (χ1) is 12.4. The molecule has 0 N–H and O–H groups in total. The summed E-state index contributed by atoms with van der Waals surface area (Å²) in [5, 5.41) is 10.0. The van der Waals surface area contributed by atoms with Crippen molar-refractivity contribution in [1.82, 2.24) is 4.98 Å². The minimum atomic E-state index is -0.115. The van der Waals surface area contributed by atoms with Crippen LogP contribution in [0.5, 0.6) is 0 Å². The van der Waals surface area contributed by atoms with Crippen LogP contribution in [-0.4, -0.2) is 22.3 Å². The molecule has 0 fully saturated rings. The van der Waals surface area contributed by atoms with Gasteiger partial charge in [-0.25, -0.2) is 4.98 Å². The van der Waals surface area contributed by atoms with Gasteiger partial charge in [-0.1, -0.05) is 44.2 Å². The molecule has 2 aromatic rings. The Hall–Kier alpha value is -2.45. The number of nitrogens with zero attached hydrogens (tertiary/aromatic N) is 2. The maximum absolute atomic E-state index is 12.3. The fraction of sp³-hybridized carbons (Fsp3) is 0.333. The van der Waals surface area contributed by atoms with Crippen molar-refractivity contribution in [3.8, 4) is 6.07 Å². The lowest BCUT2D eigenvalue weighted by Crippen LogP contribution is -2.28. The predicted octanol–water partition coefficient (Wildman–Crippen LogP) is 4.47. The van der Waals surface area contributed by atoms with E-state index in [1.54, 1.807) is 18.2 Å². The van der Waals surface area contributed by atoms with Gasteiger partial charge in [-0.15, -0.1) is 11.8 Å². The molecule has 26 heavy (non-hydrogen) atoms. The summed E-state index contributed by atoms with van der Waals surface area (Å²) in [6, 6.07) is 13.0. The fourth-order valence-corrected chi connectivity index (χ4v) is 4.07. The Bertz CT molecular complexity index is 898. The quantitative estimate of drug-likeness (QED) is 0.578. The van der Waals surface area contributed by atoms with E-state index < -0.39 is 0 Å². The van der Waals surface area contributed by atoms with Gasteiger partial charge in [0.25, 0.3) is 0 Å². The summed E-state index contributed by atoms with van der Waals surface area (Å²) in [6.07, 6.45) is 1.57. The fourth-order valence-electron chi connectivity index (χ4n) is 3.15. The number of pyridine rings is 1. The van der Waals surface area contributed by atoms with E-state index in [0.29, 0.717) is 40.3 Å². The molecular weight excluding hydrogens is 344 g/mol. The van der Waals surface area contributed by atoms with Gasteiger partial charge in [-0.2, -0.15) is 5.26 Å². The third-order valence-corrected chi connectivity index (χ3v) is 5.43. The number of rotatable bonds is 5. The van der Waals surface area contributed by atoms with Crippen molar-refractivity contribution >= 4 is 23.3 Å². The van der Waals surface area contributed by atoms with E-state index in [0.717, 1.165) is 12.1 Å². The molecule has 132 valence electrons. The number of carbonyl (C=O) groups is 2. The zero-order chi connectivity index (χ0) is 18.7. The summed E-state index contributed by atoms with van der Waals surface area (Å²) in [6.45, 7) is 4.11. The van der Waals surface area contributed by atoms with Crippen molar-refractivity contribution in [2.24, 2.45) is 5.41 Å². The number of fused-ring (bicyclic) bond motifs is 1. The Morgan fingerprint density at radius 2 is 2.00 bits per heavy atom. The van der Waals surface area contributed by atoms with Crippen LogP contribution < -0.4 is 0 Å². The van der Waals surface area contributed by atoms with Crippen molar-refractivity contribution in [3.63, 3.8) is 0 Å². The molecule has 0 amide bonds. The molecule has 1 aliphatic rings. The molecule has 1 heterocycles. The van der Waals surface area contributed by atoms with E-state index in [4.69, 9.17) is 0 Å². The molecule has 1 aliphatic carbocycles. The number of nitriles is 1. The molecule has 0 spiro atoms. The van der Waals surface area contributed by atoms with Gasteiger partial charge in [-0.05, 0) is 17.9 Å². The highest BCUT2D eigenvalue weighted by Gasteiger charge is 2.32. The molecule has 1 aromatic heterocycles. The number of carbonyl (C=O) groups excluding carboxylic acids is 2. The monoisotopic (exact) mass is 364 g/mol. The van der Waals surface area contributed by atoms with Crippen molar-refractivity contribution in [2.45, 2.75) is 38.1 Å². The largest absolute Gasteiger partial charge is 0.294 e. The maximum atomic E-state index is 12.3. The summed E-state index contributed by atoms with van der Waals surface area (Å²) in [7, 11) is 0. The zero-order valence-electron chi connectivity index (χ0n) is 14.9. The third-order valence-electron chi connectivity index (χ3n) is 4.44. The van der Waals surface area contributed by atoms with Crippen LogP contribution >= 0.6 is 11.8 Å². The van der Waals surface area contributed by atoms with E-state index in [2.05, 4.69) is 24.9 Å². The Morgan fingerprint density at radius 3 is 2.69 bits per heavy atom. The first-order valence-corrected chi connectivity index (χ1v) is 9.56. The molecule has 0 unspecified atom stereocenters. The van der Waals surface area contributed by atoms with Gasteiger partial charge in [0.2, 0.25) is 0 Å². The number of aromatic nitrogens is 1. The van der Waals surface area contributed by atoms with E-state index >= 15 is 0 Å². The van der Waals surface area contributed by atoms with Crippen molar-refractivity contribution < 1.29 is 9.59 Å². The van der Waals surface area contributed by atoms with Crippen LogP contribution in [0.4, 0.5) is 0 Å². The lowest BCUT2D eigenvalue weighted by atomic mass is 9.75. The highest BCUT2D eigenvalue weighted by atomic mass is 32.2. The number of thioether (sulfide) groups is 1. The van der Waals surface area contributed by atoms with Crippen LogP contribution in [-0.2, 0) is 6.42 Å². The van der Waals surface area contributed by atoms with Crippen LogP contribution in [0.25, 0.3) is 0 Å². The van der Waals surface area contributed by atoms with Crippen molar-refractivity contribution in [3.05, 3.63) is 58.8 Å². The molecule has 5 heteroatoms. The zero-order valence-corrected chi connectivity index (χ0v) is 15.7. The first-order valence-electron chi connectivity index (χ1n) is 8.58. The highest BCUT2D eigenvalue weighted by molar-refractivity contribution is 7.99. The van der Waals surface area contributed by atoms with Gasteiger partial charge in [-0.3, -0.25) is 9.59 Å². The molecule has 0 atom stereocenters. The van der Waals surface area contributed by atoms with Crippen molar-refractivity contribution in [1.29, 1.82) is 5.26 Å². The van der Waals surface area contributed by atoms with Crippen LogP contribution in [0.3, 0.4) is 0 Å². The minimum absolute atomic E-state index is 0.0519. The molecule has 0 saturated carbocycles. The van der Waals surface area contributed by atoms with Crippen LogP contribution in [0.2, 0.25) is 0 Å². The van der Waals surface area contributed by atoms with Crippen LogP contribution in [0.15, 0.2) is 41.4 Å². The van der Waals surface area contributed by atoms with Gasteiger partial charge < -0.3 is 0 Å². The highest BCUT2D eigenvalue weighted by Crippen LogP contribution is 2.36. The van der Waals surface area contributed by atoms with E-state index in [-0.39, 0.29) is 17.0 Å². The van der Waals surface area contributed by atoms with E-state index in [1.165, 1.54) is 11.8 Å². The van der Waals surface area contributed by atoms with Crippen LogP contribution in [0, 0.1) is 16.7 Å². The lowest BCUT2D eigenvalue weighted by molar-refractivity contribution is 0.0909. The normalized spacial score (nSPS) is 15.2. The second-order valence-corrected chi connectivity index (χ2v) is 8.36. The maximum Gasteiger partial charge on any atom is 0.165 e. The molecule has 0 bridgehead atoms. The molecular formula is C21H20N2O2S. The number of Topliss-reactive ketones (excluding diaryl/α,β-unsaturated/α-hetero) is 2. The second kappa shape index (κ2) is 7.43. The summed E-state index contributed by atoms with van der Waals surface area (Å²) >= 11 is 1.40. The Labute approximate surface area is 157 Å². The number of benzene rings is 1. The Balaban J connectivity index is 1.75. The average molecular weight is 364 g/mol. The summed E-state index contributed by atoms with van der Waals surface area (Å²) < 4.78 is 0. The Morgan fingerprint density at radius 1 is 1.27 bits per heavy atom. The van der Waals surface area contributed by atoms with Gasteiger partial charge in [0, 0.05) is 29.7 Å². The van der Waals surface area contributed by atoms with Gasteiger partial charge in [0.05, 0.1) is 11.3 Å². The summed E-state index contributed by atoms with van der Waals surface area (Å²) in [5.41, 5.74) is 2.33. The SMILES string of the molecule is CC1(C)CC(=O)c2cc(C#N)c(SCCC(=O)c3ccccc3)nc2C1. The van der Waals surface area contributed by atoms with Gasteiger partial charge in [0.1, 0.15) is 11.1 Å². The molecule has 0 aliphatic heterocycles. The molecule has 0 radical (unpaired) electrons. The van der Waals surface area contributed by atoms with Crippen molar-refractivity contribution in [2.75, 3.05) is 5.75 Å². The molecule has 4 nitrogen and oxygen atoms in total. The minimum Gasteiger partial charge on any atom is -0.294 e. The molecule has 1 aromatic carbocycles. The lowest BCUT2D eigenvalue weighted by Gasteiger charge is -2.29. The third kappa shape index (κ3) is 4.03. The van der Waals surface area contributed by atoms with E-state index in [9.17, 15) is 14.9 Å². The second-order valence-electron chi connectivity index (χ2n) is 7.28. The van der Waals surface area contributed by atoms with Gasteiger partial charge in [0.15, 0.2) is 11.6 Å². The topological polar surface area (TPSA) is 70.8 Å². The number of ketones is 2. The number of hydrogen-bond donors (Lipinski definition) is 0. The van der Waals surface area contributed by atoms with Gasteiger partial charge >= 0.3 is 0 Å². The number of hydrogen-bond acceptors (Lipinski definition) is 5.